The summed E-state index contributed by atoms with van der Waals surface area (Å²) in [6.07, 6.45) is -1.88. The zero-order chi connectivity index (χ0) is 53.2. The molecule has 1 aliphatic heterocycles. The number of amides is 9. The van der Waals surface area contributed by atoms with E-state index in [2.05, 4.69) is 31.9 Å². The average Bonchev–Trinajstić information content (AvgIpc) is 3.26. The largest absolute Gasteiger partial charge is 3.00 e. The van der Waals surface area contributed by atoms with Gasteiger partial charge in [-0.2, -0.15) is 0 Å². The fraction of sp³-hybridized carbons (Fsp3) is 0.561. The van der Waals surface area contributed by atoms with E-state index in [1.165, 1.54) is 20.8 Å². The number of carbonyl (C=O) groups excluding carboxylic acids is 12. The zero-order valence-corrected chi connectivity index (χ0v) is 39.9. The maximum absolute atomic E-state index is 14.1. The molecule has 1 fully saturated rings. The summed E-state index contributed by atoms with van der Waals surface area (Å²) in [4.78, 5) is 151. The average molecular weight is 1050 g/mol. The van der Waals surface area contributed by atoms with Crippen molar-refractivity contribution in [1.82, 2.24) is 47.1 Å². The molecule has 0 aromatic heterocycles. The molecule has 0 aromatic rings. The first-order chi connectivity index (χ1) is 32.8. The van der Waals surface area contributed by atoms with Gasteiger partial charge in [-0.05, 0) is 59.3 Å². The predicted molar refractivity (Wildman–Crippen MR) is 225 cm³/mol. The van der Waals surface area contributed by atoms with Gasteiger partial charge in [-0.1, -0.05) is 16.7 Å². The number of carbonyl (C=O) groups is 12. The number of carboxylic acids is 3. The minimum Gasteiger partial charge on any atom is -0.550 e. The van der Waals surface area contributed by atoms with E-state index in [-0.39, 0.29) is 68.2 Å². The molecule has 0 spiro atoms. The summed E-state index contributed by atoms with van der Waals surface area (Å²) in [5.74, 6) is -14.8. The van der Waals surface area contributed by atoms with Crippen molar-refractivity contribution in [2.75, 3.05) is 39.4 Å². The first-order valence-electron chi connectivity index (χ1n) is 21.4. The number of hydrogen-bond donors (Lipinski definition) is 11. The number of nitrogens with zero attached hydrogens (tertiary/aromatic N) is 3. The molecule has 1 rings (SSSR count). The third-order valence-corrected chi connectivity index (χ3v) is 9.70. The molecule has 9 amide bonds. The molecule has 0 aromatic carbocycles. The minimum atomic E-state index is -1.87. The van der Waals surface area contributed by atoms with Crippen LogP contribution in [0.4, 0.5) is 0 Å². The molecular formula is C41H58FeN9O20. The van der Waals surface area contributed by atoms with Crippen LogP contribution in [0.2, 0.25) is 0 Å². The fourth-order valence-corrected chi connectivity index (χ4v) is 6.18. The maximum Gasteiger partial charge on any atom is 3.00 e. The Morgan fingerprint density at radius 3 is 1.06 bits per heavy atom. The van der Waals surface area contributed by atoms with Gasteiger partial charge in [0.2, 0.25) is 35.4 Å². The van der Waals surface area contributed by atoms with E-state index >= 15 is 0 Å². The molecule has 0 aliphatic carbocycles. The molecule has 71 heavy (non-hydrogen) atoms. The first-order valence-corrected chi connectivity index (χ1v) is 21.4. The van der Waals surface area contributed by atoms with E-state index in [1.54, 1.807) is 0 Å². The van der Waals surface area contributed by atoms with Gasteiger partial charge in [0.15, 0.2) is 0 Å². The summed E-state index contributed by atoms with van der Waals surface area (Å²) in [6.45, 7) is -0.947. The van der Waals surface area contributed by atoms with Crippen molar-refractivity contribution < 1.29 is 116 Å². The monoisotopic (exact) mass is 1050 g/mol. The quantitative estimate of drug-likeness (QED) is 0.0196. The summed E-state index contributed by atoms with van der Waals surface area (Å²) >= 11 is 0. The predicted octanol–water partition coefficient (Wildman–Crippen LogP) is -8.22. The second-order valence-electron chi connectivity index (χ2n) is 15.9. The van der Waals surface area contributed by atoms with Crippen LogP contribution in [0.5, 0.6) is 0 Å². The van der Waals surface area contributed by atoms with Crippen molar-refractivity contribution in [2.45, 2.75) is 109 Å². The van der Waals surface area contributed by atoms with E-state index in [0.29, 0.717) is 0 Å². The van der Waals surface area contributed by atoms with Crippen molar-refractivity contribution in [2.24, 2.45) is 0 Å². The van der Waals surface area contributed by atoms with Crippen molar-refractivity contribution >= 4 is 71.1 Å². The number of hydroxylamine groups is 6. The number of aliphatic hydroxyl groups is 2. The Balaban J connectivity index is 0.0000490. The number of rotatable bonds is 23. The van der Waals surface area contributed by atoms with Crippen molar-refractivity contribution in [3.05, 3.63) is 34.9 Å². The third kappa shape index (κ3) is 25.6. The number of carboxylic acid groups (broad SMARTS) is 3. The molecule has 1 saturated heterocycles. The standard InChI is InChI=1S/C41H61N9O20.Fe/c1-22(16-34(57)58)13-31(54)48(68)10-4-7-25-38(64)44-26(8-5-11-49(69)32(55)14-23(2)17-35(59)60)39(65)45-27(9-6-12-50(70)33(56)15-24(3)18-36(61)62)40(66)47-29(21-52)41(67)46-28(20-51)37(63)42-19-30(53)43-25;/h13-15,25-29,51-52,68-70H,4-12,16-21H2,1-3H3,(H,42,63)(H,43,53)(H,44,64)(H,45,65)(H,46,67)(H,47,66)(H,57,58)(H,59,60)(H,61,62);/q;+3/p-3/b22-13-,23-14+,24-15-;. The first kappa shape index (κ1) is 64.2. The SMILES string of the molecule is C/C(=C/C(=O)N(O)CCCC1NC(=O)CNC(=O)C(CO)NC(=O)C(CO)NC(=O)C(CCCN(O)C(=O)/C=C(/C)CC(=O)[O-])NC(=O)C(CCCN(O)C(=O)/C=C(\C)CC(=O)[O-])NC1=O)CC(=O)[O-].[Fe+3]. The molecule has 29 nitrogen and oxygen atoms in total. The zero-order valence-electron chi connectivity index (χ0n) is 38.8. The summed E-state index contributed by atoms with van der Waals surface area (Å²) < 4.78 is 0. The number of aliphatic carboxylic acids is 3. The maximum atomic E-state index is 14.1. The van der Waals surface area contributed by atoms with Crippen LogP contribution < -0.4 is 47.2 Å². The van der Waals surface area contributed by atoms with Crippen LogP contribution in [0.1, 0.15) is 78.6 Å². The van der Waals surface area contributed by atoms with E-state index in [4.69, 9.17) is 0 Å². The van der Waals surface area contributed by atoms with Gasteiger partial charge in [0.1, 0.15) is 30.2 Å². The Morgan fingerprint density at radius 1 is 0.493 bits per heavy atom. The Kier molecular flexibility index (Phi) is 29.7. The molecule has 395 valence electrons. The van der Waals surface area contributed by atoms with Crippen molar-refractivity contribution in [3.8, 4) is 0 Å². The Labute approximate surface area is 416 Å². The van der Waals surface area contributed by atoms with Gasteiger partial charge in [-0.3, -0.25) is 58.8 Å². The number of hydrogen-bond acceptors (Lipinski definition) is 20. The van der Waals surface area contributed by atoms with Gasteiger partial charge in [-0.15, -0.1) is 0 Å². The van der Waals surface area contributed by atoms with Crippen LogP contribution in [0.25, 0.3) is 0 Å². The molecule has 30 heteroatoms. The fourth-order valence-electron chi connectivity index (χ4n) is 6.18. The second-order valence-corrected chi connectivity index (χ2v) is 15.9. The summed E-state index contributed by atoms with van der Waals surface area (Å²) in [7, 11) is 0. The molecular weight excluding hydrogens is 994 g/mol. The Bertz CT molecular complexity index is 2050. The van der Waals surface area contributed by atoms with Crippen LogP contribution in [0.15, 0.2) is 34.9 Å². The second kappa shape index (κ2) is 32.9. The number of nitrogens with one attached hydrogen (secondary N) is 6. The van der Waals surface area contributed by atoms with Gasteiger partial charge in [0.25, 0.3) is 17.7 Å². The van der Waals surface area contributed by atoms with Gasteiger partial charge in [-0.25, -0.2) is 15.2 Å². The van der Waals surface area contributed by atoms with E-state index < -0.39 is 179 Å². The molecule has 1 aliphatic rings. The Morgan fingerprint density at radius 2 is 0.761 bits per heavy atom. The third-order valence-electron chi connectivity index (χ3n) is 9.70. The normalized spacial score (nSPS) is 19.9. The van der Waals surface area contributed by atoms with Crippen LogP contribution in [0, 0.1) is 0 Å². The van der Waals surface area contributed by atoms with Crippen LogP contribution in [-0.4, -0.2) is 182 Å². The van der Waals surface area contributed by atoms with Crippen LogP contribution in [-0.2, 0) is 74.6 Å². The molecule has 5 atom stereocenters. The number of aliphatic hydroxyl groups excluding tert-OH is 2. The van der Waals surface area contributed by atoms with E-state index in [9.17, 15) is 98.7 Å². The van der Waals surface area contributed by atoms with E-state index in [0.717, 1.165) is 18.2 Å². The molecule has 1 heterocycles. The molecule has 1 radical (unpaired) electrons. The summed E-state index contributed by atoms with van der Waals surface area (Å²) in [5.41, 5.74) is 0.0114. The molecule has 0 saturated carbocycles. The minimum absolute atomic E-state index is 0. The van der Waals surface area contributed by atoms with Crippen molar-refractivity contribution in [3.63, 3.8) is 0 Å². The molecule has 5 unspecified atom stereocenters. The van der Waals surface area contributed by atoms with E-state index in [1.807, 2.05) is 0 Å². The van der Waals surface area contributed by atoms with Crippen molar-refractivity contribution in [1.29, 1.82) is 0 Å². The van der Waals surface area contributed by atoms with Crippen LogP contribution >= 0.6 is 0 Å². The van der Waals surface area contributed by atoms with Gasteiger partial charge >= 0.3 is 17.1 Å². The molecule has 11 N–H and O–H groups in total. The smallest absolute Gasteiger partial charge is 0.550 e. The van der Waals surface area contributed by atoms with Gasteiger partial charge in [0, 0.05) is 75.0 Å². The summed E-state index contributed by atoms with van der Waals surface area (Å²) in [6, 6.07) is -8.83. The Hall–Kier alpha value is -6.82. The van der Waals surface area contributed by atoms with Gasteiger partial charge < -0.3 is 71.8 Å². The summed E-state index contributed by atoms with van der Waals surface area (Å²) in [5, 5.41) is 97.4. The molecule has 0 bridgehead atoms. The van der Waals surface area contributed by atoms with Crippen LogP contribution in [0.3, 0.4) is 0 Å². The topological polar surface area (TPSA) is 457 Å². The van der Waals surface area contributed by atoms with Gasteiger partial charge in [0.05, 0.1) is 19.8 Å².